The maximum Gasteiger partial charge on any atom is 0.390 e. The minimum Gasteiger partial charge on any atom is -0.756 e. The number of alkyl halides is 2. The van der Waals surface area contributed by atoms with Gasteiger partial charge >= 0.3 is 18.5 Å². The Bertz CT molecular complexity index is 2780. The number of carbonyl (C=O) groups excluding carboxylic acids is 1. The van der Waals surface area contributed by atoms with Crippen molar-refractivity contribution in [3.63, 3.8) is 0 Å². The molecule has 3 aliphatic heterocycles. The minimum atomic E-state index is -5.53. The standard InChI is InChI=1S/C43H51F2N7O14P2S.CH4.H3N/c1-2-3-6-19-59-20-7-4-5-8-26-9-13-28(14-10-26)42(54)62-29-15-11-27(12-16-29)23-69-68(58)61-22-31-33(44)36(41(64-31)52-25-49-35-38(46)47-24-48-39(35)52)65-67(56,57)60-21-30-34(45)37(66-68)40(63-30)51-18-17-32(53)50-43(51)55;;/h9-18,24-25,30-31,33-34,36-37,40-41H,2-8,19-23H2,1H3,(H,56,57)(H2,46,47,48)(H,50,53,55);1H4;1H3/t30-,31-,33-,34-,36-,37-,40-,41-,68?;;/m1../s1. The molecular weight excluding hydrogens is 997 g/mol. The Hall–Kier alpha value is -4.75. The first-order chi connectivity index (χ1) is 33.2. The number of nitrogens with zero attached hydrogens (tertiary/aromatic N) is 5. The molecule has 388 valence electrons. The third-order valence-corrected chi connectivity index (χ3v) is 16.1. The lowest BCUT2D eigenvalue weighted by molar-refractivity contribution is -0.236. The van der Waals surface area contributed by atoms with Crippen molar-refractivity contribution in [3.8, 4) is 5.75 Å². The van der Waals surface area contributed by atoms with Crippen LogP contribution in [0.3, 0.4) is 0 Å². The topological polar surface area (TPSA) is 309 Å². The number of aryl methyl sites for hydroxylation is 1. The largest absolute Gasteiger partial charge is 0.756 e. The Balaban J connectivity index is 0.00000413. The van der Waals surface area contributed by atoms with Crippen LogP contribution in [0.2, 0.25) is 0 Å². The summed E-state index contributed by atoms with van der Waals surface area (Å²) in [6, 6.07) is 14.3. The number of unbranched alkanes of at least 4 members (excludes halogenated alkanes) is 4. The maximum absolute atomic E-state index is 16.5. The Kier molecular flexibility index (Phi) is 19.4. The minimum absolute atomic E-state index is 0. The molecule has 5 aromatic rings. The molecule has 4 bridgehead atoms. The zero-order valence-corrected chi connectivity index (χ0v) is 40.7. The first-order valence-electron chi connectivity index (χ1n) is 22.2. The van der Waals surface area contributed by atoms with Crippen LogP contribution in [0, 0.1) is 0 Å². The monoisotopic (exact) mass is 1050 g/mol. The number of quaternary nitrogens is 1. The molecule has 7 N–H and O–H groups in total. The molecule has 3 saturated heterocycles. The van der Waals surface area contributed by atoms with Crippen molar-refractivity contribution < 1.29 is 64.6 Å². The number of rotatable bonds is 17. The molecule has 71 heavy (non-hydrogen) atoms. The lowest BCUT2D eigenvalue weighted by atomic mass is 10.1. The highest BCUT2D eigenvalue weighted by molar-refractivity contribution is 8.54. The van der Waals surface area contributed by atoms with E-state index >= 15 is 8.78 Å². The molecule has 27 heteroatoms. The van der Waals surface area contributed by atoms with Gasteiger partial charge in [0.1, 0.15) is 42.0 Å². The number of hydrogen-bond acceptors (Lipinski definition) is 19. The number of phosphoric ester groups is 1. The van der Waals surface area contributed by atoms with Gasteiger partial charge in [-0.05, 0) is 72.5 Å². The van der Waals surface area contributed by atoms with Crippen LogP contribution in [0.1, 0.15) is 86.8 Å². The van der Waals surface area contributed by atoms with Gasteiger partial charge in [-0.25, -0.2) is 37.9 Å². The zero-order chi connectivity index (χ0) is 48.7. The van der Waals surface area contributed by atoms with E-state index in [0.29, 0.717) is 22.5 Å². The first-order valence-corrected chi connectivity index (χ1v) is 26.8. The number of carbonyl (C=O) groups is 1. The van der Waals surface area contributed by atoms with E-state index in [2.05, 4.69) is 21.9 Å². The van der Waals surface area contributed by atoms with Crippen molar-refractivity contribution in [2.24, 2.45) is 0 Å². The van der Waals surface area contributed by atoms with Gasteiger partial charge in [0.05, 0.1) is 25.1 Å². The van der Waals surface area contributed by atoms with Gasteiger partial charge in [-0.15, -0.1) is 0 Å². The van der Waals surface area contributed by atoms with Gasteiger partial charge in [0.15, 0.2) is 36.3 Å². The molecule has 10 atom stereocenters. The number of esters is 1. The van der Waals surface area contributed by atoms with E-state index in [-0.39, 0.29) is 42.1 Å². The molecule has 2 aromatic carbocycles. The summed E-state index contributed by atoms with van der Waals surface area (Å²) in [6.07, 6.45) is -4.93. The summed E-state index contributed by atoms with van der Waals surface area (Å²) in [5, 5.41) is 0. The number of fused-ring (bicyclic) bond motifs is 5. The van der Waals surface area contributed by atoms with Crippen molar-refractivity contribution >= 4 is 49.0 Å². The Morgan fingerprint density at radius 2 is 1.51 bits per heavy atom. The summed E-state index contributed by atoms with van der Waals surface area (Å²) < 4.78 is 108. The zero-order valence-electron chi connectivity index (χ0n) is 38.1. The molecule has 0 radical (unpaired) electrons. The number of aromatic amines is 1. The van der Waals surface area contributed by atoms with E-state index in [1.165, 1.54) is 25.0 Å². The van der Waals surface area contributed by atoms with Gasteiger partial charge in [-0.3, -0.25) is 32.5 Å². The van der Waals surface area contributed by atoms with Gasteiger partial charge < -0.3 is 44.8 Å². The summed E-state index contributed by atoms with van der Waals surface area (Å²) in [5.41, 5.74) is 6.13. The van der Waals surface area contributed by atoms with Gasteiger partial charge in [0, 0.05) is 31.2 Å². The van der Waals surface area contributed by atoms with Gasteiger partial charge in [0.2, 0.25) is 0 Å². The Morgan fingerprint density at radius 1 is 0.859 bits per heavy atom. The fourth-order valence-corrected chi connectivity index (χ4v) is 12.1. The summed E-state index contributed by atoms with van der Waals surface area (Å²) in [4.78, 5) is 65.3. The number of hydrogen-bond donors (Lipinski definition) is 3. The number of imidazole rings is 1. The maximum atomic E-state index is 16.5. The highest BCUT2D eigenvalue weighted by atomic mass is 32.7. The molecule has 2 unspecified atom stereocenters. The predicted octanol–water partition coefficient (Wildman–Crippen LogP) is 6.91. The number of nitrogen functional groups attached to an aromatic ring is 1. The van der Waals surface area contributed by atoms with E-state index in [0.717, 1.165) is 84.9 Å². The highest BCUT2D eigenvalue weighted by Gasteiger charge is 2.54. The number of ether oxygens (including phenoxy) is 4. The molecule has 0 saturated carbocycles. The van der Waals surface area contributed by atoms with Crippen LogP contribution >= 0.6 is 26.0 Å². The third kappa shape index (κ3) is 13.7. The van der Waals surface area contributed by atoms with Crippen LogP contribution in [0.4, 0.5) is 14.6 Å². The second kappa shape index (κ2) is 24.8. The quantitative estimate of drug-likeness (QED) is 0.0369. The first kappa shape index (κ1) is 55.6. The number of nitrogens with one attached hydrogen (secondary N) is 1. The van der Waals surface area contributed by atoms with E-state index < -0.39 is 94.3 Å². The summed E-state index contributed by atoms with van der Waals surface area (Å²) >= 11 is 0.565. The van der Waals surface area contributed by atoms with Crippen LogP contribution in [-0.2, 0) is 53.6 Å². The average molecular weight is 1060 g/mol. The number of H-pyrrole nitrogens is 1. The second-order valence-corrected chi connectivity index (χ2v) is 21.8. The van der Waals surface area contributed by atoms with Crippen molar-refractivity contribution in [1.82, 2.24) is 35.2 Å². The third-order valence-electron chi connectivity index (χ3n) is 11.5. The molecule has 0 aliphatic carbocycles. The van der Waals surface area contributed by atoms with Crippen LogP contribution in [0.5, 0.6) is 5.75 Å². The smallest absolute Gasteiger partial charge is 0.390 e. The fourth-order valence-electron chi connectivity index (χ4n) is 7.82. The predicted molar refractivity (Wildman–Crippen MR) is 255 cm³/mol. The molecule has 6 heterocycles. The van der Waals surface area contributed by atoms with Gasteiger partial charge in [-0.1, -0.05) is 57.9 Å². The lowest BCUT2D eigenvalue weighted by Crippen LogP contribution is -2.38. The van der Waals surface area contributed by atoms with Crippen molar-refractivity contribution in [1.29, 1.82) is 0 Å². The Labute approximate surface area is 410 Å². The number of aromatic nitrogens is 6. The summed E-state index contributed by atoms with van der Waals surface area (Å²) in [5.74, 6) is -0.553. The summed E-state index contributed by atoms with van der Waals surface area (Å²) in [6.45, 7) is -2.95. The van der Waals surface area contributed by atoms with Crippen LogP contribution < -0.4 is 32.8 Å². The SMILES string of the molecule is C.CCCCCOCCCCCc1ccc(C(=O)Oc2ccc(CSP3(=O)OC[C@H]4O[C@@H](n5cnc6c(N)ncnc65)[C@H](OP(=O)([O-])OC[C@H]5O[C@@H](n6ccc(=O)[nH]c6=O)[C@H](O3)[C@@H]5F)[C@@H]4F)cc2)cc1.[NH4+]. The van der Waals surface area contributed by atoms with Crippen molar-refractivity contribution in [3.05, 3.63) is 111 Å². The van der Waals surface area contributed by atoms with Crippen LogP contribution in [0.15, 0.2) is 83.0 Å². The number of halogens is 2. The lowest BCUT2D eigenvalue weighted by Gasteiger charge is -2.30. The van der Waals surface area contributed by atoms with Gasteiger partial charge in [0.25, 0.3) is 13.4 Å². The van der Waals surface area contributed by atoms with E-state index in [1.807, 2.05) is 17.1 Å². The van der Waals surface area contributed by atoms with Crippen molar-refractivity contribution in [2.75, 3.05) is 32.2 Å². The number of benzene rings is 2. The second-order valence-electron chi connectivity index (χ2n) is 16.4. The number of phosphoric acid groups is 1. The normalized spacial score (nSPS) is 27.6. The van der Waals surface area contributed by atoms with E-state index in [1.54, 1.807) is 24.3 Å². The van der Waals surface area contributed by atoms with E-state index in [9.17, 15) is 28.4 Å². The molecular formula is C44H58F2N8O14P2S. The summed E-state index contributed by atoms with van der Waals surface area (Å²) in [7, 11) is -5.53. The molecule has 3 aliphatic rings. The molecule has 22 nitrogen and oxygen atoms in total. The Morgan fingerprint density at radius 3 is 2.20 bits per heavy atom. The van der Waals surface area contributed by atoms with Crippen LogP contribution in [0.25, 0.3) is 11.2 Å². The van der Waals surface area contributed by atoms with Gasteiger partial charge in [-0.2, -0.15) is 0 Å². The fraction of sp³-hybridized carbons (Fsp3) is 0.500. The molecule has 3 fully saturated rings. The average Bonchev–Trinajstić information content (AvgIpc) is 3.99. The number of nitrogens with two attached hydrogens (primary N) is 1. The molecule has 0 amide bonds. The molecule has 8 rings (SSSR count). The molecule has 0 spiro atoms. The van der Waals surface area contributed by atoms with E-state index in [4.69, 9.17) is 42.8 Å². The molecule has 3 aromatic heterocycles. The van der Waals surface area contributed by atoms with Crippen LogP contribution in [-0.4, -0.2) is 98.2 Å². The van der Waals surface area contributed by atoms with Crippen molar-refractivity contribution in [2.45, 2.75) is 114 Å². The number of anilines is 1. The highest BCUT2D eigenvalue weighted by Crippen LogP contribution is 2.65.